The molecule has 3 aromatic heterocycles. The van der Waals surface area contributed by atoms with E-state index < -0.39 is 84.6 Å². The molecule has 1 fully saturated rings. The van der Waals surface area contributed by atoms with Crippen molar-refractivity contribution in [3.05, 3.63) is 36.3 Å². The van der Waals surface area contributed by atoms with Gasteiger partial charge in [-0.15, -0.1) is 0 Å². The van der Waals surface area contributed by atoms with Gasteiger partial charge in [0.2, 0.25) is 11.8 Å². The number of aliphatic hydroxyl groups is 2. The molecule has 378 valence electrons. The Balaban J connectivity index is 1.09. The largest absolute Gasteiger partial charge is 0.481 e. The van der Waals surface area contributed by atoms with E-state index in [0.717, 1.165) is 91.9 Å². The number of anilines is 1. The van der Waals surface area contributed by atoms with Gasteiger partial charge < -0.3 is 55.3 Å². The number of imidazole rings is 1. The third kappa shape index (κ3) is 18.9. The van der Waals surface area contributed by atoms with Gasteiger partial charge in [0.05, 0.1) is 19.5 Å². The van der Waals surface area contributed by atoms with Crippen LogP contribution in [0.5, 0.6) is 0 Å². The lowest BCUT2D eigenvalue weighted by Crippen LogP contribution is -2.46. The third-order valence-electron chi connectivity index (χ3n) is 10.3. The minimum absolute atomic E-state index is 0.0310. The van der Waals surface area contributed by atoms with Crippen molar-refractivity contribution in [1.82, 2.24) is 30.2 Å². The highest BCUT2D eigenvalue weighted by atomic mass is 32.2. The fraction of sp³-hybridized carbons (Fsp3) is 0.684. The standard InChI is InChI=1S/C38H62N7O18P3S/c1-4-5-9-12-25-15-16-26(60-25)13-10-7-6-8-11-14-29(47)67-20-19-40-28(46)17-18-41-36(50)33(49)38(2,3)22-59-66(56,57)63-65(54,55)58-21-27-32(62-64(51,52)53)31(48)37(61-27)45-24-44-30-34(39)42-23-43-35(30)45/h15-16,23-24,27,31-33,37,48-49H,4-14,17-22H2,1-3H3,(H,40,46)(H,41,50)(H,54,55)(H,56,57)(H2,39,42,43)(H2,51,52,53). The maximum Gasteiger partial charge on any atom is 0.481 e. The highest BCUT2D eigenvalue weighted by molar-refractivity contribution is 8.13. The number of rotatable bonds is 31. The molecule has 25 nitrogen and oxygen atoms in total. The lowest BCUT2D eigenvalue weighted by molar-refractivity contribution is -0.137. The summed E-state index contributed by atoms with van der Waals surface area (Å²) in [5.74, 6) is 1.01. The minimum atomic E-state index is -5.58. The number of hydrogen-bond donors (Lipinski definition) is 9. The quantitative estimate of drug-likeness (QED) is 0.0328. The summed E-state index contributed by atoms with van der Waals surface area (Å²) >= 11 is 1.13. The molecule has 2 amide bonds. The highest BCUT2D eigenvalue weighted by Crippen LogP contribution is 2.61. The lowest BCUT2D eigenvalue weighted by Gasteiger charge is -2.30. The lowest BCUT2D eigenvalue weighted by atomic mass is 9.87. The van der Waals surface area contributed by atoms with Crippen LogP contribution in [-0.4, -0.2) is 123 Å². The fourth-order valence-electron chi connectivity index (χ4n) is 6.71. The monoisotopic (exact) mass is 1030 g/mol. The number of nitrogens with one attached hydrogen (secondary N) is 2. The number of furan rings is 1. The van der Waals surface area contributed by atoms with Gasteiger partial charge in [0.15, 0.2) is 22.8 Å². The first-order valence-electron chi connectivity index (χ1n) is 21.6. The van der Waals surface area contributed by atoms with Gasteiger partial charge in [0.1, 0.15) is 47.8 Å². The smallest absolute Gasteiger partial charge is 0.466 e. The second-order valence-corrected chi connectivity index (χ2v) is 21.8. The fourth-order valence-corrected chi connectivity index (χ4v) is 10.3. The first-order chi connectivity index (χ1) is 31.5. The zero-order valence-electron chi connectivity index (χ0n) is 37.4. The van der Waals surface area contributed by atoms with Gasteiger partial charge in [-0.05, 0) is 31.4 Å². The molecule has 4 heterocycles. The van der Waals surface area contributed by atoms with Crippen LogP contribution in [0.25, 0.3) is 11.2 Å². The molecular formula is C38H62N7O18P3S. The number of aliphatic hydroxyl groups excluding tert-OH is 2. The van der Waals surface area contributed by atoms with Crippen LogP contribution in [0.15, 0.2) is 29.2 Å². The average molecular weight is 1030 g/mol. The molecule has 1 aliphatic heterocycles. The van der Waals surface area contributed by atoms with Crippen molar-refractivity contribution in [2.75, 3.05) is 37.8 Å². The van der Waals surface area contributed by atoms with Crippen LogP contribution in [0.4, 0.5) is 5.82 Å². The predicted molar refractivity (Wildman–Crippen MR) is 240 cm³/mol. The van der Waals surface area contributed by atoms with Gasteiger partial charge in [-0.3, -0.25) is 32.5 Å². The summed E-state index contributed by atoms with van der Waals surface area (Å²) in [6.45, 7) is 2.71. The van der Waals surface area contributed by atoms with Gasteiger partial charge >= 0.3 is 23.5 Å². The number of amides is 2. The van der Waals surface area contributed by atoms with Crippen molar-refractivity contribution in [3.63, 3.8) is 0 Å². The Morgan fingerprint density at radius 3 is 2.25 bits per heavy atom. The maximum atomic E-state index is 12.7. The molecule has 0 bridgehead atoms. The van der Waals surface area contributed by atoms with E-state index in [9.17, 15) is 57.9 Å². The number of ether oxygens (including phenoxy) is 1. The topological polar surface area (TPSA) is 377 Å². The number of nitrogens with zero attached hydrogens (tertiary/aromatic N) is 4. The minimum Gasteiger partial charge on any atom is -0.466 e. The predicted octanol–water partition coefficient (Wildman–Crippen LogP) is 3.57. The maximum absolute atomic E-state index is 12.7. The second-order valence-electron chi connectivity index (χ2n) is 16.4. The molecular weight excluding hydrogens is 967 g/mol. The molecule has 1 aliphatic rings. The number of thioether (sulfide) groups is 1. The van der Waals surface area contributed by atoms with Crippen molar-refractivity contribution in [2.24, 2.45) is 5.41 Å². The molecule has 0 spiro atoms. The van der Waals surface area contributed by atoms with E-state index in [1.165, 1.54) is 26.7 Å². The van der Waals surface area contributed by atoms with Crippen molar-refractivity contribution in [3.8, 4) is 0 Å². The Hall–Kier alpha value is -3.16. The van der Waals surface area contributed by atoms with Crippen LogP contribution < -0.4 is 16.4 Å². The average Bonchev–Trinajstić information content (AvgIpc) is 3.97. The molecule has 3 aromatic rings. The number of phosphoric ester groups is 3. The van der Waals surface area contributed by atoms with E-state index in [0.29, 0.717) is 12.2 Å². The normalized spacial score (nSPS) is 20.1. The van der Waals surface area contributed by atoms with E-state index in [1.54, 1.807) is 0 Å². The molecule has 67 heavy (non-hydrogen) atoms. The summed E-state index contributed by atoms with van der Waals surface area (Å²) in [5.41, 5.74) is 4.28. The summed E-state index contributed by atoms with van der Waals surface area (Å²) in [6, 6.07) is 4.13. The highest BCUT2D eigenvalue weighted by Gasteiger charge is 2.50. The Morgan fingerprint density at radius 1 is 0.910 bits per heavy atom. The van der Waals surface area contributed by atoms with Crippen LogP contribution in [0.3, 0.4) is 0 Å². The Kier molecular flexibility index (Phi) is 22.0. The van der Waals surface area contributed by atoms with Gasteiger partial charge in [-0.25, -0.2) is 28.6 Å². The molecule has 0 aromatic carbocycles. The summed E-state index contributed by atoms with van der Waals surface area (Å²) in [6.07, 6.45) is 3.82. The number of aryl methyl sites for hydroxylation is 2. The summed E-state index contributed by atoms with van der Waals surface area (Å²) in [5, 5.41) is 26.6. The van der Waals surface area contributed by atoms with Crippen LogP contribution in [0.2, 0.25) is 0 Å². The summed E-state index contributed by atoms with van der Waals surface area (Å²) in [7, 11) is -16.4. The van der Waals surface area contributed by atoms with E-state index in [4.69, 9.17) is 23.9 Å². The van der Waals surface area contributed by atoms with E-state index in [-0.39, 0.29) is 41.6 Å². The number of phosphoric acid groups is 3. The number of carbonyl (C=O) groups excluding carboxylic acids is 3. The van der Waals surface area contributed by atoms with Crippen molar-refractivity contribution in [1.29, 1.82) is 0 Å². The number of carbonyl (C=O) groups is 3. The van der Waals surface area contributed by atoms with Crippen LogP contribution in [0, 0.1) is 5.41 Å². The first-order valence-corrected chi connectivity index (χ1v) is 27.1. The first kappa shape index (κ1) is 56.4. The number of nitrogen functional groups attached to an aromatic ring is 1. The van der Waals surface area contributed by atoms with Crippen LogP contribution in [-0.2, 0) is 63.5 Å². The molecule has 1 saturated heterocycles. The van der Waals surface area contributed by atoms with Crippen LogP contribution in [0.1, 0.15) is 103 Å². The zero-order chi connectivity index (χ0) is 49.4. The number of nitrogens with two attached hydrogens (primary N) is 1. The molecule has 0 radical (unpaired) electrons. The van der Waals surface area contributed by atoms with Crippen molar-refractivity contribution < 1.29 is 84.9 Å². The third-order valence-corrected chi connectivity index (χ3v) is 14.3. The molecule has 29 heteroatoms. The van der Waals surface area contributed by atoms with E-state index in [2.05, 4.69) is 53.5 Å². The summed E-state index contributed by atoms with van der Waals surface area (Å²) < 4.78 is 68.3. The van der Waals surface area contributed by atoms with Crippen molar-refractivity contribution in [2.45, 2.75) is 128 Å². The van der Waals surface area contributed by atoms with Gasteiger partial charge in [-0.2, -0.15) is 4.31 Å². The Morgan fingerprint density at radius 2 is 1.57 bits per heavy atom. The second kappa shape index (κ2) is 26.2. The number of unbranched alkanes of at least 4 members (excludes halogenated alkanes) is 6. The zero-order valence-corrected chi connectivity index (χ0v) is 40.9. The molecule has 10 N–H and O–H groups in total. The van der Waals surface area contributed by atoms with Crippen molar-refractivity contribution >= 4 is 69.1 Å². The molecule has 7 unspecified atom stereocenters. The van der Waals surface area contributed by atoms with Gasteiger partial charge in [0, 0.05) is 49.9 Å². The molecule has 0 aliphatic carbocycles. The SMILES string of the molecule is CCCCCc1ccc(CCCCCCCC(=O)SCCNC(=O)CCNC(=O)C(O)C(C)(C)COP(=O)(O)OP(=O)(O)OCC2OC(n3cnc4c(N)ncnc43)C(O)C2OP(=O)(O)O)o1. The molecule has 0 saturated carbocycles. The number of aromatic nitrogens is 4. The summed E-state index contributed by atoms with van der Waals surface area (Å²) in [4.78, 5) is 88.4. The Bertz CT molecular complexity index is 2230. The molecule has 4 rings (SSSR count). The Labute approximate surface area is 391 Å². The van der Waals surface area contributed by atoms with Gasteiger partial charge in [0.25, 0.3) is 0 Å². The van der Waals surface area contributed by atoms with E-state index >= 15 is 0 Å². The number of hydrogen-bond acceptors (Lipinski definition) is 19. The number of fused-ring (bicyclic) bond motifs is 1. The van der Waals surface area contributed by atoms with E-state index in [1.807, 2.05) is 0 Å². The van der Waals surface area contributed by atoms with Crippen LogP contribution >= 0.6 is 35.2 Å². The van der Waals surface area contributed by atoms with Gasteiger partial charge in [-0.1, -0.05) is 64.6 Å². The molecule has 7 atom stereocenters.